The van der Waals surface area contributed by atoms with E-state index in [-0.39, 0.29) is 35.5 Å². The highest BCUT2D eigenvalue weighted by Gasteiger charge is 2.24. The highest BCUT2D eigenvalue weighted by atomic mass is 16.2. The van der Waals surface area contributed by atoms with Crippen LogP contribution in [0.1, 0.15) is 70.3 Å². The minimum atomic E-state index is -0.390. The quantitative estimate of drug-likeness (QED) is 0.182. The summed E-state index contributed by atoms with van der Waals surface area (Å²) in [4.78, 5) is 47.2. The van der Waals surface area contributed by atoms with Crippen LogP contribution in [-0.4, -0.2) is 56.7 Å². The van der Waals surface area contributed by atoms with Gasteiger partial charge in [-0.2, -0.15) is 0 Å². The number of carbonyl (C=O) groups excluding carboxylic acids is 4. The van der Waals surface area contributed by atoms with Crippen molar-refractivity contribution in [3.05, 3.63) is 101 Å². The van der Waals surface area contributed by atoms with Gasteiger partial charge in [0.05, 0.1) is 12.1 Å². The lowest BCUT2D eigenvalue weighted by molar-refractivity contribution is -0.122. The summed E-state index contributed by atoms with van der Waals surface area (Å²) in [6.45, 7) is 6.89. The molecule has 3 amide bonds. The summed E-state index contributed by atoms with van der Waals surface area (Å²) in [6.07, 6.45) is 2.94. The fourth-order valence-corrected chi connectivity index (χ4v) is 4.61. The zero-order valence-electron chi connectivity index (χ0n) is 25.2. The Hall–Kier alpha value is -4.50. The Morgan fingerprint density at radius 2 is 1.44 bits per heavy atom. The molecule has 1 aliphatic rings. The van der Waals surface area contributed by atoms with Gasteiger partial charge in [-0.1, -0.05) is 60.7 Å². The average Bonchev–Trinajstić information content (AvgIpc) is 3.88. The van der Waals surface area contributed by atoms with Crippen LogP contribution in [-0.2, 0) is 16.0 Å². The molecule has 1 saturated carbocycles. The topological polar surface area (TPSA) is 128 Å². The van der Waals surface area contributed by atoms with E-state index < -0.39 is 6.04 Å². The van der Waals surface area contributed by atoms with Crippen LogP contribution in [0.5, 0.6) is 0 Å². The second-order valence-corrected chi connectivity index (χ2v) is 10.8. The van der Waals surface area contributed by atoms with E-state index >= 15 is 0 Å². The van der Waals surface area contributed by atoms with Crippen molar-refractivity contribution >= 4 is 30.2 Å². The summed E-state index contributed by atoms with van der Waals surface area (Å²) in [7, 11) is 1.75. The summed E-state index contributed by atoms with van der Waals surface area (Å²) < 4.78 is 0. The van der Waals surface area contributed by atoms with Crippen LogP contribution in [0.25, 0.3) is 0 Å². The van der Waals surface area contributed by atoms with Gasteiger partial charge in [-0.15, -0.1) is 0 Å². The molecule has 0 aromatic heterocycles. The van der Waals surface area contributed by atoms with Crippen molar-refractivity contribution in [3.63, 3.8) is 0 Å². The van der Waals surface area contributed by atoms with Crippen LogP contribution in [0.15, 0.2) is 78.9 Å². The van der Waals surface area contributed by atoms with Crippen molar-refractivity contribution < 1.29 is 24.9 Å². The van der Waals surface area contributed by atoms with Gasteiger partial charge in [0, 0.05) is 48.7 Å². The first-order chi connectivity index (χ1) is 20.8. The fraction of sp³-hybridized carbons (Fsp3) is 0.353. The van der Waals surface area contributed by atoms with E-state index in [0.717, 1.165) is 17.7 Å². The molecule has 0 heterocycles. The minimum Gasteiger partial charge on any atom is -0.388 e. The molecule has 0 unspecified atom stereocenters. The van der Waals surface area contributed by atoms with Crippen LogP contribution >= 0.6 is 0 Å². The molecule has 4 rings (SSSR count). The molecule has 1 fully saturated rings. The van der Waals surface area contributed by atoms with Crippen LogP contribution in [0.4, 0.5) is 5.69 Å². The molecule has 3 aromatic rings. The maximum absolute atomic E-state index is 13.5. The molecule has 9 nitrogen and oxygen atoms in total. The van der Waals surface area contributed by atoms with Crippen molar-refractivity contribution in [2.75, 3.05) is 25.5 Å². The number of benzene rings is 3. The Kier molecular flexibility index (Phi) is 12.9. The maximum atomic E-state index is 13.5. The molecular formula is C34H51N5O4. The van der Waals surface area contributed by atoms with Gasteiger partial charge in [0.1, 0.15) is 6.79 Å². The standard InChI is InChI=1S/C33H41N5O3.CH2O.4H2/c1-22(26-12-8-5-9-13-26)37-32(40)27-17-28(19-29(18-27)34-3)33(41)38-30(16-24-10-6-4-7-11-24)21-35-23(2)31(39)36-20-25-14-15-25;1-2;;;;/h4-13,17-19,22-23,25,30,34-35H,14-16,20-21H2,1-3H3,(H,36,39)(H,37,40)(H,38,41);1H2;4*1H/t22-,23+,30+;;;;;/m1...../s1. The Bertz CT molecular complexity index is 1350. The minimum absolute atomic E-state index is 0. The number of amides is 3. The van der Waals surface area contributed by atoms with Gasteiger partial charge in [-0.25, -0.2) is 0 Å². The largest absolute Gasteiger partial charge is 0.388 e. The van der Waals surface area contributed by atoms with Crippen molar-refractivity contribution in [1.29, 1.82) is 0 Å². The second kappa shape index (κ2) is 16.8. The van der Waals surface area contributed by atoms with Crippen LogP contribution in [0, 0.1) is 5.92 Å². The molecule has 3 aromatic carbocycles. The highest BCUT2D eigenvalue weighted by molar-refractivity contribution is 6.01. The molecule has 0 radical (unpaired) electrons. The van der Waals surface area contributed by atoms with E-state index in [2.05, 4.69) is 26.6 Å². The molecule has 1 aliphatic carbocycles. The van der Waals surface area contributed by atoms with Crippen molar-refractivity contribution in [2.24, 2.45) is 5.92 Å². The summed E-state index contributed by atoms with van der Waals surface area (Å²) in [6, 6.07) is 23.9. The summed E-state index contributed by atoms with van der Waals surface area (Å²) >= 11 is 0. The molecule has 236 valence electrons. The molecule has 0 spiro atoms. The first-order valence-corrected chi connectivity index (χ1v) is 14.7. The van der Waals surface area contributed by atoms with Crippen LogP contribution in [0.2, 0.25) is 0 Å². The Labute approximate surface area is 260 Å². The van der Waals surface area contributed by atoms with Gasteiger partial charge in [-0.05, 0) is 68.4 Å². The monoisotopic (exact) mass is 593 g/mol. The predicted molar refractivity (Wildman–Crippen MR) is 178 cm³/mol. The zero-order chi connectivity index (χ0) is 31.2. The predicted octanol–water partition coefficient (Wildman–Crippen LogP) is 4.86. The first kappa shape index (κ1) is 33.0. The third-order valence-corrected chi connectivity index (χ3v) is 7.38. The molecule has 3 atom stereocenters. The van der Waals surface area contributed by atoms with Crippen molar-refractivity contribution in [2.45, 2.75) is 51.2 Å². The summed E-state index contributed by atoms with van der Waals surface area (Å²) in [5.74, 6) is 0.0174. The van der Waals surface area contributed by atoms with E-state index in [1.54, 1.807) is 25.2 Å². The van der Waals surface area contributed by atoms with Gasteiger partial charge in [0.25, 0.3) is 11.8 Å². The molecule has 0 bridgehead atoms. The third kappa shape index (κ3) is 10.7. The molecule has 5 N–H and O–H groups in total. The molecule has 43 heavy (non-hydrogen) atoms. The van der Waals surface area contributed by atoms with E-state index in [0.29, 0.717) is 35.7 Å². The lowest BCUT2D eigenvalue weighted by Crippen LogP contribution is -2.49. The van der Waals surface area contributed by atoms with Gasteiger partial charge >= 0.3 is 0 Å². The maximum Gasteiger partial charge on any atom is 0.251 e. The second-order valence-electron chi connectivity index (χ2n) is 10.8. The smallest absolute Gasteiger partial charge is 0.251 e. The van der Waals surface area contributed by atoms with Gasteiger partial charge in [0.15, 0.2) is 0 Å². The highest BCUT2D eigenvalue weighted by Crippen LogP contribution is 2.27. The lowest BCUT2D eigenvalue weighted by Gasteiger charge is -2.22. The fourth-order valence-electron chi connectivity index (χ4n) is 4.61. The summed E-state index contributed by atoms with van der Waals surface area (Å²) in [5.41, 5.74) is 3.50. The van der Waals surface area contributed by atoms with E-state index in [4.69, 9.17) is 4.79 Å². The normalized spacial score (nSPS) is 14.2. The number of nitrogens with one attached hydrogen (secondary N) is 5. The van der Waals surface area contributed by atoms with E-state index in [9.17, 15) is 14.4 Å². The lowest BCUT2D eigenvalue weighted by atomic mass is 10.0. The van der Waals surface area contributed by atoms with Gasteiger partial charge < -0.3 is 31.4 Å². The molecule has 0 saturated heterocycles. The molecule has 9 heteroatoms. The Morgan fingerprint density at radius 1 is 0.860 bits per heavy atom. The summed E-state index contributed by atoms with van der Waals surface area (Å²) in [5, 5.41) is 15.5. The van der Waals surface area contributed by atoms with E-state index in [1.165, 1.54) is 12.8 Å². The van der Waals surface area contributed by atoms with Crippen molar-refractivity contribution in [3.8, 4) is 0 Å². The Balaban J connectivity index is 0. The molecule has 0 aliphatic heterocycles. The number of anilines is 1. The van der Waals surface area contributed by atoms with E-state index in [1.807, 2.05) is 81.3 Å². The number of rotatable bonds is 14. The Morgan fingerprint density at radius 3 is 2.02 bits per heavy atom. The number of hydrogen-bond donors (Lipinski definition) is 5. The molecular weight excluding hydrogens is 542 g/mol. The van der Waals surface area contributed by atoms with Crippen molar-refractivity contribution in [1.82, 2.24) is 21.3 Å². The first-order valence-electron chi connectivity index (χ1n) is 14.7. The van der Waals surface area contributed by atoms with Gasteiger partial charge in [-0.3, -0.25) is 14.4 Å². The zero-order valence-corrected chi connectivity index (χ0v) is 25.2. The van der Waals surface area contributed by atoms with Crippen LogP contribution in [0.3, 0.4) is 0 Å². The number of carbonyl (C=O) groups is 4. The van der Waals surface area contributed by atoms with Crippen LogP contribution < -0.4 is 26.6 Å². The van der Waals surface area contributed by atoms with Gasteiger partial charge in [0.2, 0.25) is 5.91 Å². The average molecular weight is 594 g/mol. The SMILES string of the molecule is C=O.CNc1cc(C(=O)N[C@H](CN[C@@H](C)C(=O)NCC2CC2)Cc2ccccc2)cc(C(=O)N[C@H](C)c2ccccc2)c1.[HH].[HH].[HH].[HH]. The third-order valence-electron chi connectivity index (χ3n) is 7.38. The number of hydrogen-bond acceptors (Lipinski definition) is 6.